The van der Waals surface area contributed by atoms with E-state index in [2.05, 4.69) is 45.9 Å². The quantitative estimate of drug-likeness (QED) is 0.876. The van der Waals surface area contributed by atoms with E-state index in [0.29, 0.717) is 5.56 Å². The molecule has 0 saturated carbocycles. The van der Waals surface area contributed by atoms with Gasteiger partial charge in [0.05, 0.1) is 11.3 Å². The largest absolute Gasteiger partial charge is 0.346 e. The number of amides is 1. The van der Waals surface area contributed by atoms with Gasteiger partial charge in [0.1, 0.15) is 0 Å². The third kappa shape index (κ3) is 4.72. The van der Waals surface area contributed by atoms with Crippen molar-refractivity contribution < 1.29 is 4.79 Å². The number of carbonyl (C=O) groups excluding carboxylic acids is 1. The third-order valence-corrected chi connectivity index (χ3v) is 5.41. The van der Waals surface area contributed by atoms with Gasteiger partial charge in [0.2, 0.25) is 5.95 Å². The Labute approximate surface area is 157 Å². The molecule has 2 aliphatic heterocycles. The number of aromatic nitrogens is 2. The van der Waals surface area contributed by atoms with E-state index in [0.717, 1.165) is 50.3 Å². The van der Waals surface area contributed by atoms with E-state index < -0.39 is 0 Å². The van der Waals surface area contributed by atoms with Crippen LogP contribution in [0.15, 0.2) is 6.20 Å². The molecule has 0 bridgehead atoms. The lowest BCUT2D eigenvalue weighted by Gasteiger charge is -2.37. The first-order valence-corrected chi connectivity index (χ1v) is 9.97. The summed E-state index contributed by atoms with van der Waals surface area (Å²) in [4.78, 5) is 26.5. The van der Waals surface area contributed by atoms with Crippen LogP contribution >= 0.6 is 0 Å². The number of anilines is 1. The molecule has 0 spiro atoms. The lowest BCUT2D eigenvalue weighted by atomic mass is 9.97. The molecule has 3 rings (SSSR count). The second kappa shape index (κ2) is 7.91. The van der Waals surface area contributed by atoms with E-state index in [1.54, 1.807) is 6.20 Å². The van der Waals surface area contributed by atoms with Gasteiger partial charge in [-0.15, -0.1) is 0 Å². The normalized spacial score (nSPS) is 21.8. The van der Waals surface area contributed by atoms with Gasteiger partial charge in [-0.05, 0) is 58.9 Å². The van der Waals surface area contributed by atoms with Gasteiger partial charge in [-0.25, -0.2) is 9.97 Å². The van der Waals surface area contributed by atoms with E-state index in [1.165, 1.54) is 25.7 Å². The highest BCUT2D eigenvalue weighted by molar-refractivity contribution is 5.95. The molecule has 26 heavy (non-hydrogen) atoms. The van der Waals surface area contributed by atoms with Gasteiger partial charge in [-0.1, -0.05) is 6.92 Å². The maximum atomic E-state index is 12.8. The minimum absolute atomic E-state index is 0.0782. The summed E-state index contributed by atoms with van der Waals surface area (Å²) in [5, 5.41) is 3.19. The van der Waals surface area contributed by atoms with E-state index in [4.69, 9.17) is 0 Å². The first kappa shape index (κ1) is 19.1. The van der Waals surface area contributed by atoms with Crippen LogP contribution in [0.4, 0.5) is 5.95 Å². The van der Waals surface area contributed by atoms with E-state index in [-0.39, 0.29) is 11.4 Å². The number of hydrogen-bond donors (Lipinski definition) is 1. The summed E-state index contributed by atoms with van der Waals surface area (Å²) in [7, 11) is 0. The van der Waals surface area contributed by atoms with Gasteiger partial charge in [0, 0.05) is 37.9 Å². The van der Waals surface area contributed by atoms with Crippen LogP contribution in [-0.4, -0.2) is 59.0 Å². The van der Waals surface area contributed by atoms with E-state index in [1.807, 2.05) is 6.92 Å². The van der Waals surface area contributed by atoms with Crippen LogP contribution in [0.5, 0.6) is 0 Å². The van der Waals surface area contributed by atoms with Gasteiger partial charge in [0.25, 0.3) is 5.91 Å². The molecule has 6 nitrogen and oxygen atoms in total. The number of nitrogens with one attached hydrogen (secondary N) is 1. The zero-order valence-corrected chi connectivity index (χ0v) is 16.7. The third-order valence-electron chi connectivity index (χ3n) is 5.41. The summed E-state index contributed by atoms with van der Waals surface area (Å²) >= 11 is 0. The lowest BCUT2D eigenvalue weighted by molar-refractivity contribution is 0.0862. The average molecular weight is 360 g/mol. The summed E-state index contributed by atoms with van der Waals surface area (Å²) in [6.07, 6.45) is 6.62. The highest BCUT2D eigenvalue weighted by Crippen LogP contribution is 2.19. The lowest BCUT2D eigenvalue weighted by Crippen LogP contribution is -2.53. The van der Waals surface area contributed by atoms with Gasteiger partial charge in [-0.3, -0.25) is 4.79 Å². The fourth-order valence-electron chi connectivity index (χ4n) is 4.15. The maximum absolute atomic E-state index is 12.8. The van der Waals surface area contributed by atoms with Gasteiger partial charge in [0.15, 0.2) is 0 Å². The number of rotatable bonds is 5. The summed E-state index contributed by atoms with van der Waals surface area (Å²) in [6, 6.07) is 0. The molecule has 0 aromatic carbocycles. The van der Waals surface area contributed by atoms with Crippen molar-refractivity contribution in [2.75, 3.05) is 37.6 Å². The Kier molecular flexibility index (Phi) is 5.80. The molecule has 1 aromatic heterocycles. The fraction of sp³-hybridized carbons (Fsp3) is 0.750. The monoisotopic (exact) mass is 359 g/mol. The van der Waals surface area contributed by atoms with Crippen molar-refractivity contribution in [2.45, 2.75) is 58.9 Å². The maximum Gasteiger partial charge on any atom is 0.255 e. The Hall–Kier alpha value is -1.69. The zero-order chi connectivity index (χ0) is 18.7. The van der Waals surface area contributed by atoms with Crippen LogP contribution in [0.2, 0.25) is 0 Å². The van der Waals surface area contributed by atoms with Crippen molar-refractivity contribution in [2.24, 2.45) is 5.92 Å². The Morgan fingerprint density at radius 3 is 2.65 bits per heavy atom. The Morgan fingerprint density at radius 1 is 1.27 bits per heavy atom. The van der Waals surface area contributed by atoms with Crippen LogP contribution in [-0.2, 0) is 0 Å². The fourth-order valence-corrected chi connectivity index (χ4v) is 4.15. The highest BCUT2D eigenvalue weighted by atomic mass is 16.1. The van der Waals surface area contributed by atoms with Crippen LogP contribution in [0.1, 0.15) is 62.5 Å². The Balaban J connectivity index is 1.62. The Bertz CT molecular complexity index is 639. The van der Waals surface area contributed by atoms with Crippen LogP contribution in [0.25, 0.3) is 0 Å². The molecule has 144 valence electrons. The minimum atomic E-state index is -0.284. The smallest absolute Gasteiger partial charge is 0.255 e. The second-order valence-corrected chi connectivity index (χ2v) is 8.68. The number of aryl methyl sites for hydroxylation is 1. The molecule has 0 aliphatic carbocycles. The standard InChI is InChI=1S/C20H33N5O/c1-15-8-7-9-24(13-15)14-20(3,4)23-18(26)17-12-21-19(22-16(17)2)25-10-5-6-11-25/h12,15H,5-11,13-14H2,1-4H3,(H,23,26)/t15-/m0/s1. The molecule has 1 aromatic rings. The van der Waals surface area contributed by atoms with Gasteiger partial charge in [-0.2, -0.15) is 0 Å². The van der Waals surface area contributed by atoms with Crippen molar-refractivity contribution >= 4 is 11.9 Å². The predicted molar refractivity (Wildman–Crippen MR) is 105 cm³/mol. The molecule has 1 amide bonds. The summed E-state index contributed by atoms with van der Waals surface area (Å²) in [6.45, 7) is 13.5. The van der Waals surface area contributed by atoms with Crippen molar-refractivity contribution in [1.29, 1.82) is 0 Å². The van der Waals surface area contributed by atoms with Crippen molar-refractivity contribution in [3.05, 3.63) is 17.5 Å². The van der Waals surface area contributed by atoms with Crippen molar-refractivity contribution in [1.82, 2.24) is 20.2 Å². The molecule has 1 N–H and O–H groups in total. The molecule has 2 aliphatic rings. The topological polar surface area (TPSA) is 61.4 Å². The number of hydrogen-bond acceptors (Lipinski definition) is 5. The molecule has 2 fully saturated rings. The number of likely N-dealkylation sites (tertiary alicyclic amines) is 1. The van der Waals surface area contributed by atoms with Crippen molar-refractivity contribution in [3.8, 4) is 0 Å². The molecular formula is C20H33N5O. The van der Waals surface area contributed by atoms with Crippen LogP contribution in [0.3, 0.4) is 0 Å². The van der Waals surface area contributed by atoms with Crippen LogP contribution in [0, 0.1) is 12.8 Å². The molecule has 1 atom stereocenters. The van der Waals surface area contributed by atoms with Gasteiger partial charge >= 0.3 is 0 Å². The SMILES string of the molecule is Cc1nc(N2CCCC2)ncc1C(=O)NC(C)(C)CN1CCC[C@H](C)C1. The van der Waals surface area contributed by atoms with Gasteiger partial charge < -0.3 is 15.1 Å². The first-order valence-electron chi connectivity index (χ1n) is 9.97. The number of carbonyl (C=O) groups is 1. The highest BCUT2D eigenvalue weighted by Gasteiger charge is 2.28. The minimum Gasteiger partial charge on any atom is -0.346 e. The molecule has 6 heteroatoms. The predicted octanol–water partition coefficient (Wildman–Crippen LogP) is 2.63. The summed E-state index contributed by atoms with van der Waals surface area (Å²) in [5.41, 5.74) is 1.05. The average Bonchev–Trinajstić information content (AvgIpc) is 3.08. The number of piperidine rings is 1. The van der Waals surface area contributed by atoms with E-state index in [9.17, 15) is 4.79 Å². The Morgan fingerprint density at radius 2 is 2.00 bits per heavy atom. The summed E-state index contributed by atoms with van der Waals surface area (Å²) < 4.78 is 0. The zero-order valence-electron chi connectivity index (χ0n) is 16.7. The molecule has 2 saturated heterocycles. The molecule has 3 heterocycles. The molecule has 0 radical (unpaired) electrons. The first-order chi connectivity index (χ1) is 12.3. The second-order valence-electron chi connectivity index (χ2n) is 8.68. The van der Waals surface area contributed by atoms with E-state index >= 15 is 0 Å². The summed E-state index contributed by atoms with van der Waals surface area (Å²) in [5.74, 6) is 1.41. The number of nitrogens with zero attached hydrogens (tertiary/aromatic N) is 4. The molecular weight excluding hydrogens is 326 g/mol. The molecule has 0 unspecified atom stereocenters. The van der Waals surface area contributed by atoms with Crippen molar-refractivity contribution in [3.63, 3.8) is 0 Å². The van der Waals surface area contributed by atoms with Crippen LogP contribution < -0.4 is 10.2 Å².